The molecule has 0 bridgehead atoms. The van der Waals surface area contributed by atoms with E-state index in [-0.39, 0.29) is 34.8 Å². The number of rotatable bonds is 9. The smallest absolute Gasteiger partial charge is 0.326 e. The average Bonchev–Trinajstić information content (AvgIpc) is 3.80. The first-order chi connectivity index (χ1) is 19.7. The van der Waals surface area contributed by atoms with E-state index in [1.165, 1.54) is 18.4 Å². The zero-order chi connectivity index (χ0) is 28.8. The highest BCUT2D eigenvalue weighted by molar-refractivity contribution is 5.95. The van der Waals surface area contributed by atoms with Crippen LogP contribution in [0.5, 0.6) is 0 Å². The maximum absolute atomic E-state index is 14.0. The van der Waals surface area contributed by atoms with Crippen LogP contribution in [0.2, 0.25) is 0 Å². The highest BCUT2D eigenvalue weighted by Gasteiger charge is 2.63. The van der Waals surface area contributed by atoms with Gasteiger partial charge in [-0.3, -0.25) is 4.79 Å². The summed E-state index contributed by atoms with van der Waals surface area (Å²) in [6.07, 6.45) is 5.05. The molecule has 6 atom stereocenters. The van der Waals surface area contributed by atoms with Crippen LogP contribution in [-0.2, 0) is 16.4 Å². The molecule has 3 saturated carbocycles. The van der Waals surface area contributed by atoms with Crippen molar-refractivity contribution < 1.29 is 22.4 Å². The van der Waals surface area contributed by atoms with Crippen LogP contribution in [0.4, 0.5) is 23.2 Å². The molecule has 1 saturated heterocycles. The van der Waals surface area contributed by atoms with Gasteiger partial charge in [-0.15, -0.1) is 0 Å². The number of benzene rings is 2. The quantitative estimate of drug-likeness (QED) is 0.252. The van der Waals surface area contributed by atoms with Gasteiger partial charge in [0.25, 0.3) is 0 Å². The topological polar surface area (TPSA) is 56.1 Å². The molecule has 6 rings (SSSR count). The van der Waals surface area contributed by atoms with Crippen molar-refractivity contribution in [3.63, 3.8) is 0 Å². The zero-order valence-electron chi connectivity index (χ0n) is 23.2. The van der Waals surface area contributed by atoms with E-state index < -0.39 is 17.6 Å². The van der Waals surface area contributed by atoms with E-state index in [9.17, 15) is 27.6 Å². The van der Waals surface area contributed by atoms with Crippen LogP contribution in [0.15, 0.2) is 42.5 Å². The molecule has 2 aromatic rings. The lowest BCUT2D eigenvalue weighted by molar-refractivity contribution is -0.137. The van der Waals surface area contributed by atoms with Crippen LogP contribution in [0, 0.1) is 46.7 Å². The summed E-state index contributed by atoms with van der Waals surface area (Å²) in [5, 5.41) is 12.0. The number of likely N-dealkylation sites (tertiary alicyclic amines) is 1. The SMILES string of the molecule is N#Cc1cccc([C@]23CC[C@@H](C4C(CCCCN5CCCC5)C4C(=O)Nc4cc(F)cc(C(F)(F)F)c4)CC2C3)c1. The summed E-state index contributed by atoms with van der Waals surface area (Å²) < 4.78 is 53.7. The molecule has 41 heavy (non-hydrogen) atoms. The fourth-order valence-electron chi connectivity index (χ4n) is 8.23. The van der Waals surface area contributed by atoms with Crippen molar-refractivity contribution in [1.82, 2.24) is 4.90 Å². The second-order valence-electron chi connectivity index (χ2n) is 12.8. The van der Waals surface area contributed by atoms with Crippen LogP contribution < -0.4 is 5.32 Å². The summed E-state index contributed by atoms with van der Waals surface area (Å²) in [5.74, 6) is -0.201. The Balaban J connectivity index is 1.13. The predicted molar refractivity (Wildman–Crippen MR) is 148 cm³/mol. The highest BCUT2D eigenvalue weighted by atomic mass is 19.4. The number of hydrogen-bond acceptors (Lipinski definition) is 3. The van der Waals surface area contributed by atoms with Gasteiger partial charge in [0.05, 0.1) is 17.2 Å². The molecule has 4 nitrogen and oxygen atoms in total. The summed E-state index contributed by atoms with van der Waals surface area (Å²) in [7, 11) is 0. The Bertz CT molecular complexity index is 1330. The molecule has 4 aliphatic rings. The Labute approximate surface area is 239 Å². The molecular weight excluding hydrogens is 530 g/mol. The molecule has 0 radical (unpaired) electrons. The molecule has 4 fully saturated rings. The number of nitriles is 1. The number of unbranched alkanes of at least 4 members (excludes halogenated alkanes) is 1. The van der Waals surface area contributed by atoms with Crippen molar-refractivity contribution >= 4 is 11.6 Å². The largest absolute Gasteiger partial charge is 0.416 e. The van der Waals surface area contributed by atoms with Crippen LogP contribution in [0.25, 0.3) is 0 Å². The van der Waals surface area contributed by atoms with Gasteiger partial charge in [-0.05, 0) is 136 Å². The van der Waals surface area contributed by atoms with Gasteiger partial charge < -0.3 is 10.2 Å². The summed E-state index contributed by atoms with van der Waals surface area (Å²) in [6.45, 7) is 3.40. The molecule has 1 amide bonds. The Morgan fingerprint density at radius 2 is 1.93 bits per heavy atom. The second kappa shape index (κ2) is 11.1. The lowest BCUT2D eigenvalue weighted by Gasteiger charge is -2.29. The van der Waals surface area contributed by atoms with Gasteiger partial charge >= 0.3 is 6.18 Å². The van der Waals surface area contributed by atoms with Crippen molar-refractivity contribution in [1.29, 1.82) is 5.26 Å². The third-order valence-electron chi connectivity index (χ3n) is 10.4. The van der Waals surface area contributed by atoms with Crippen LogP contribution in [-0.4, -0.2) is 30.4 Å². The minimum atomic E-state index is -4.69. The monoisotopic (exact) mass is 567 g/mol. The molecular formula is C33H37F4N3O. The minimum Gasteiger partial charge on any atom is -0.326 e. The van der Waals surface area contributed by atoms with Gasteiger partial charge in [0, 0.05) is 11.6 Å². The number of carbonyl (C=O) groups excluding carboxylic acids is 1. The fourth-order valence-corrected chi connectivity index (χ4v) is 8.23. The molecule has 1 heterocycles. The van der Waals surface area contributed by atoms with Gasteiger partial charge in [-0.2, -0.15) is 18.4 Å². The molecule has 3 aliphatic carbocycles. The van der Waals surface area contributed by atoms with Crippen LogP contribution >= 0.6 is 0 Å². The third-order valence-corrected chi connectivity index (χ3v) is 10.4. The van der Waals surface area contributed by atoms with Gasteiger partial charge in [0.15, 0.2) is 0 Å². The van der Waals surface area contributed by atoms with Gasteiger partial charge in [0.2, 0.25) is 5.91 Å². The predicted octanol–water partition coefficient (Wildman–Crippen LogP) is 7.54. The van der Waals surface area contributed by atoms with Gasteiger partial charge in [0.1, 0.15) is 5.82 Å². The van der Waals surface area contributed by atoms with Crippen LogP contribution in [0.3, 0.4) is 0 Å². The van der Waals surface area contributed by atoms with E-state index in [0.717, 1.165) is 76.7 Å². The van der Waals surface area contributed by atoms with E-state index in [4.69, 9.17) is 0 Å². The zero-order valence-corrected chi connectivity index (χ0v) is 23.2. The number of hydrogen-bond donors (Lipinski definition) is 1. The first-order valence-electron chi connectivity index (χ1n) is 15.1. The standard InChI is InChI=1S/C33H37F4N3O/c34-26-16-24(33(35,36)37)17-27(18-26)39-31(41)30-28(8-1-2-11-40-12-3-4-13-40)29(30)22-9-10-32(19-25(32)15-22)23-7-5-6-21(14-23)20-38/h5-7,14,16-18,22,25,28-30H,1-4,8-13,15,19H2,(H,39,41)/t22-,25?,28?,29?,30?,32-/m1/s1. The van der Waals surface area contributed by atoms with Crippen molar-refractivity contribution in [2.75, 3.05) is 25.0 Å². The number of amides is 1. The van der Waals surface area contributed by atoms with Crippen LogP contribution in [0.1, 0.15) is 74.5 Å². The molecule has 1 aliphatic heterocycles. The van der Waals surface area contributed by atoms with Crippen molar-refractivity contribution in [3.8, 4) is 6.07 Å². The molecule has 0 aromatic heterocycles. The first kappa shape index (κ1) is 28.2. The summed E-state index contributed by atoms with van der Waals surface area (Å²) in [5.41, 5.74) is 0.828. The Hall–Kier alpha value is -2.92. The lowest BCUT2D eigenvalue weighted by Crippen LogP contribution is -2.23. The van der Waals surface area contributed by atoms with E-state index in [1.54, 1.807) is 0 Å². The van der Waals surface area contributed by atoms with Gasteiger partial charge in [-0.25, -0.2) is 4.39 Å². The van der Waals surface area contributed by atoms with E-state index in [1.807, 2.05) is 18.2 Å². The highest BCUT2D eigenvalue weighted by Crippen LogP contribution is 2.68. The molecule has 2 aromatic carbocycles. The summed E-state index contributed by atoms with van der Waals surface area (Å²) >= 11 is 0. The van der Waals surface area contributed by atoms with Gasteiger partial charge in [-0.1, -0.05) is 18.6 Å². The first-order valence-corrected chi connectivity index (χ1v) is 15.1. The number of carbonyl (C=O) groups is 1. The number of alkyl halides is 3. The number of fused-ring (bicyclic) bond motifs is 1. The molecule has 0 spiro atoms. The third kappa shape index (κ3) is 5.88. The van der Waals surface area contributed by atoms with E-state index in [2.05, 4.69) is 22.4 Å². The molecule has 4 unspecified atom stereocenters. The average molecular weight is 568 g/mol. The summed E-state index contributed by atoms with van der Waals surface area (Å²) in [4.78, 5) is 15.9. The van der Waals surface area contributed by atoms with Crippen molar-refractivity contribution in [2.45, 2.75) is 69.4 Å². The van der Waals surface area contributed by atoms with E-state index in [0.29, 0.717) is 23.5 Å². The normalized spacial score (nSPS) is 30.9. The molecule has 8 heteroatoms. The van der Waals surface area contributed by atoms with Crippen molar-refractivity contribution in [2.24, 2.45) is 29.6 Å². The number of anilines is 1. The van der Waals surface area contributed by atoms with E-state index >= 15 is 0 Å². The molecule has 1 N–H and O–H groups in total. The lowest BCUT2D eigenvalue weighted by atomic mass is 9.75. The maximum atomic E-state index is 14.0. The fraction of sp³-hybridized carbons (Fsp3) is 0.576. The number of nitrogens with one attached hydrogen (secondary N) is 1. The number of halogens is 4. The van der Waals surface area contributed by atoms with Crippen molar-refractivity contribution in [3.05, 3.63) is 65.0 Å². The summed E-state index contributed by atoms with van der Waals surface area (Å²) in [6, 6.07) is 12.4. The Kier molecular flexibility index (Phi) is 7.61. The Morgan fingerprint density at radius 1 is 1.12 bits per heavy atom. The Morgan fingerprint density at radius 3 is 2.66 bits per heavy atom. The minimum absolute atomic E-state index is 0.136. The number of nitrogens with zero attached hydrogens (tertiary/aromatic N) is 2. The second-order valence-corrected chi connectivity index (χ2v) is 12.8. The molecule has 218 valence electrons. The maximum Gasteiger partial charge on any atom is 0.416 e.